The van der Waals surface area contributed by atoms with E-state index >= 15 is 0 Å². The van der Waals surface area contributed by atoms with Crippen LogP contribution in [-0.4, -0.2) is 54.0 Å². The molecule has 1 aromatic carbocycles. The van der Waals surface area contributed by atoms with Crippen molar-refractivity contribution in [1.82, 2.24) is 9.80 Å². The minimum Gasteiger partial charge on any atom is -0.382 e. The Balaban J connectivity index is 1.21. The summed E-state index contributed by atoms with van der Waals surface area (Å²) < 4.78 is 0. The van der Waals surface area contributed by atoms with Gasteiger partial charge in [-0.2, -0.15) is 0 Å². The van der Waals surface area contributed by atoms with Crippen molar-refractivity contribution in [2.24, 2.45) is 5.92 Å². The number of nitrogens with one attached hydrogen (secondary N) is 1. The molecule has 3 fully saturated rings. The molecule has 5 heteroatoms. The summed E-state index contributed by atoms with van der Waals surface area (Å²) in [7, 11) is 0. The number of amides is 1. The highest BCUT2D eigenvalue weighted by Crippen LogP contribution is 2.30. The van der Waals surface area contributed by atoms with Gasteiger partial charge >= 0.3 is 0 Å². The summed E-state index contributed by atoms with van der Waals surface area (Å²) in [6, 6.07) is 9.17. The minimum atomic E-state index is 0.230. The third kappa shape index (κ3) is 4.17. The first-order valence-electron chi connectivity index (χ1n) is 10.2. The molecule has 4 rings (SSSR count). The van der Waals surface area contributed by atoms with E-state index in [1.54, 1.807) is 0 Å². The van der Waals surface area contributed by atoms with Crippen LogP contribution in [0.15, 0.2) is 24.3 Å². The molecule has 1 saturated heterocycles. The molecule has 2 saturated carbocycles. The molecule has 0 radical (unpaired) electrons. The van der Waals surface area contributed by atoms with Gasteiger partial charge in [0.15, 0.2) is 0 Å². The molecule has 0 aromatic heterocycles. The van der Waals surface area contributed by atoms with Crippen LogP contribution in [0.5, 0.6) is 0 Å². The smallest absolute Gasteiger partial charge is 0.225 e. The van der Waals surface area contributed by atoms with Crippen LogP contribution in [0, 0.1) is 5.92 Å². The van der Waals surface area contributed by atoms with Crippen LogP contribution in [0.2, 0.25) is 5.02 Å². The van der Waals surface area contributed by atoms with Crippen LogP contribution in [0.25, 0.3) is 0 Å². The Morgan fingerprint density at radius 1 is 0.923 bits per heavy atom. The molecule has 1 amide bonds. The van der Waals surface area contributed by atoms with Crippen molar-refractivity contribution in [2.45, 2.75) is 57.0 Å². The number of anilines is 1. The van der Waals surface area contributed by atoms with Gasteiger partial charge in [-0.15, -0.1) is 0 Å². The van der Waals surface area contributed by atoms with Crippen molar-refractivity contribution in [3.05, 3.63) is 29.3 Å². The fourth-order valence-electron chi connectivity index (χ4n) is 4.58. The molecule has 1 N–H and O–H groups in total. The van der Waals surface area contributed by atoms with Crippen LogP contribution < -0.4 is 5.32 Å². The van der Waals surface area contributed by atoms with Crippen molar-refractivity contribution in [3.63, 3.8) is 0 Å². The first-order chi connectivity index (χ1) is 12.7. The Labute approximate surface area is 161 Å². The van der Waals surface area contributed by atoms with E-state index < -0.39 is 0 Å². The Bertz CT molecular complexity index is 600. The van der Waals surface area contributed by atoms with E-state index in [4.69, 9.17) is 11.6 Å². The maximum atomic E-state index is 12.9. The Morgan fingerprint density at radius 2 is 1.58 bits per heavy atom. The fourth-order valence-corrected chi connectivity index (χ4v) is 4.71. The van der Waals surface area contributed by atoms with Crippen LogP contribution in [0.3, 0.4) is 0 Å². The van der Waals surface area contributed by atoms with Gasteiger partial charge in [0.05, 0.1) is 0 Å². The van der Waals surface area contributed by atoms with Crippen molar-refractivity contribution < 1.29 is 4.79 Å². The monoisotopic (exact) mass is 375 g/mol. The highest BCUT2D eigenvalue weighted by atomic mass is 35.5. The molecule has 4 nitrogen and oxygen atoms in total. The summed E-state index contributed by atoms with van der Waals surface area (Å²) in [4.78, 5) is 17.6. The van der Waals surface area contributed by atoms with Crippen LogP contribution in [0.4, 0.5) is 5.69 Å². The first-order valence-corrected chi connectivity index (χ1v) is 10.6. The normalized spacial score (nSPS) is 27.8. The van der Waals surface area contributed by atoms with E-state index in [1.165, 1.54) is 19.3 Å². The van der Waals surface area contributed by atoms with Gasteiger partial charge in [-0.1, -0.05) is 18.0 Å². The molecule has 3 aliphatic rings. The molecular weight excluding hydrogens is 346 g/mol. The third-order valence-corrected chi connectivity index (χ3v) is 6.76. The lowest BCUT2D eigenvalue weighted by Gasteiger charge is -2.44. The fraction of sp³-hybridized carbons (Fsp3) is 0.667. The molecule has 0 bridgehead atoms. The van der Waals surface area contributed by atoms with Gasteiger partial charge in [-0.05, 0) is 62.8 Å². The zero-order valence-electron chi connectivity index (χ0n) is 15.5. The van der Waals surface area contributed by atoms with Gasteiger partial charge in [-0.25, -0.2) is 0 Å². The van der Waals surface area contributed by atoms with Gasteiger partial charge in [-0.3, -0.25) is 9.69 Å². The lowest BCUT2D eigenvalue weighted by molar-refractivity contribution is -0.139. The molecule has 2 aliphatic carbocycles. The van der Waals surface area contributed by atoms with Gasteiger partial charge in [0.25, 0.3) is 0 Å². The maximum absolute atomic E-state index is 12.9. The zero-order chi connectivity index (χ0) is 17.9. The second kappa shape index (κ2) is 8.18. The molecule has 0 spiro atoms. The zero-order valence-corrected chi connectivity index (χ0v) is 16.3. The van der Waals surface area contributed by atoms with Gasteiger partial charge in [0, 0.05) is 54.9 Å². The van der Waals surface area contributed by atoms with Crippen molar-refractivity contribution >= 4 is 23.2 Å². The molecule has 26 heavy (non-hydrogen) atoms. The number of benzene rings is 1. The minimum absolute atomic E-state index is 0.230. The summed E-state index contributed by atoms with van der Waals surface area (Å²) in [6.07, 6.45) is 8.26. The van der Waals surface area contributed by atoms with Gasteiger partial charge in [0.2, 0.25) is 5.91 Å². The SMILES string of the molecule is O=C(C1CCC(Nc2ccc(Cl)cc2)CC1)N1CCN(C2CCC2)CC1. The van der Waals surface area contributed by atoms with E-state index in [2.05, 4.69) is 15.1 Å². The quantitative estimate of drug-likeness (QED) is 0.863. The van der Waals surface area contributed by atoms with E-state index in [0.29, 0.717) is 11.9 Å². The maximum Gasteiger partial charge on any atom is 0.225 e. The van der Waals surface area contributed by atoms with Crippen LogP contribution >= 0.6 is 11.6 Å². The molecule has 1 aromatic rings. The second-order valence-electron chi connectivity index (χ2n) is 8.15. The van der Waals surface area contributed by atoms with E-state index in [1.807, 2.05) is 24.3 Å². The summed E-state index contributed by atoms with van der Waals surface area (Å²) in [5.41, 5.74) is 1.12. The lowest BCUT2D eigenvalue weighted by atomic mass is 9.84. The third-order valence-electron chi connectivity index (χ3n) is 6.51. The molecule has 0 unspecified atom stereocenters. The Kier molecular flexibility index (Phi) is 5.70. The number of carbonyl (C=O) groups is 1. The molecule has 1 heterocycles. The van der Waals surface area contributed by atoms with E-state index in [0.717, 1.165) is 68.6 Å². The number of nitrogens with zero attached hydrogens (tertiary/aromatic N) is 2. The average molecular weight is 376 g/mol. The number of piperazine rings is 1. The summed E-state index contributed by atoms with van der Waals surface area (Å²) >= 11 is 5.95. The lowest BCUT2D eigenvalue weighted by Crippen LogP contribution is -2.54. The first kappa shape index (κ1) is 18.1. The molecular formula is C21H30ClN3O. The molecule has 1 aliphatic heterocycles. The summed E-state index contributed by atoms with van der Waals surface area (Å²) in [5, 5.41) is 4.35. The van der Waals surface area contributed by atoms with Gasteiger partial charge < -0.3 is 10.2 Å². The number of hydrogen-bond donors (Lipinski definition) is 1. The van der Waals surface area contributed by atoms with Gasteiger partial charge in [0.1, 0.15) is 0 Å². The summed E-state index contributed by atoms with van der Waals surface area (Å²) in [6.45, 7) is 4.00. The molecule has 142 valence electrons. The summed E-state index contributed by atoms with van der Waals surface area (Å²) in [5.74, 6) is 0.636. The van der Waals surface area contributed by atoms with Crippen molar-refractivity contribution in [2.75, 3.05) is 31.5 Å². The number of halogens is 1. The number of rotatable bonds is 4. The molecule has 0 atom stereocenters. The largest absolute Gasteiger partial charge is 0.382 e. The van der Waals surface area contributed by atoms with E-state index in [-0.39, 0.29) is 5.92 Å². The second-order valence-corrected chi connectivity index (χ2v) is 8.58. The average Bonchev–Trinajstić information content (AvgIpc) is 2.63. The highest BCUT2D eigenvalue weighted by Gasteiger charge is 2.33. The topological polar surface area (TPSA) is 35.6 Å². The predicted molar refractivity (Wildman–Crippen MR) is 107 cm³/mol. The standard InChI is InChI=1S/C21H30ClN3O/c22-17-6-10-19(11-7-17)23-18-8-4-16(5-9-18)21(26)25-14-12-24(13-15-25)20-2-1-3-20/h6-7,10-11,16,18,20,23H,1-5,8-9,12-15H2. The number of hydrogen-bond acceptors (Lipinski definition) is 3. The van der Waals surface area contributed by atoms with Crippen molar-refractivity contribution in [1.29, 1.82) is 0 Å². The Morgan fingerprint density at radius 3 is 2.15 bits per heavy atom. The number of carbonyl (C=O) groups excluding carboxylic acids is 1. The van der Waals surface area contributed by atoms with Crippen LogP contribution in [-0.2, 0) is 4.79 Å². The van der Waals surface area contributed by atoms with E-state index in [9.17, 15) is 4.79 Å². The highest BCUT2D eigenvalue weighted by molar-refractivity contribution is 6.30. The van der Waals surface area contributed by atoms with Crippen molar-refractivity contribution in [3.8, 4) is 0 Å². The predicted octanol–water partition coefficient (Wildman–Crippen LogP) is 4.01. The Hall–Kier alpha value is -1.26. The van der Waals surface area contributed by atoms with Crippen LogP contribution in [0.1, 0.15) is 44.9 Å².